The van der Waals surface area contributed by atoms with Crippen molar-refractivity contribution in [3.05, 3.63) is 46.2 Å². The smallest absolute Gasteiger partial charge is 0.210 e. The molecule has 0 spiro atoms. The van der Waals surface area contributed by atoms with E-state index in [1.54, 1.807) is 17.0 Å². The predicted octanol–water partition coefficient (Wildman–Crippen LogP) is 3.12. The highest BCUT2D eigenvalue weighted by Crippen LogP contribution is 2.41. The Balaban J connectivity index is 1.82. The summed E-state index contributed by atoms with van der Waals surface area (Å²) < 4.78 is 11.8. The van der Waals surface area contributed by atoms with Crippen molar-refractivity contribution in [2.24, 2.45) is 0 Å². The number of phenols is 1. The molecule has 5 nitrogen and oxygen atoms in total. The van der Waals surface area contributed by atoms with Gasteiger partial charge in [-0.15, -0.1) is 0 Å². The quantitative estimate of drug-likeness (QED) is 0.771. The number of benzene rings is 1. The number of allylic oxidation sites excluding steroid dienone is 1. The number of rotatable bonds is 6. The molecule has 0 fully saturated rings. The van der Waals surface area contributed by atoms with Crippen LogP contribution in [0.3, 0.4) is 0 Å². The minimum Gasteiger partial charge on any atom is -0.504 e. The molecule has 2 heterocycles. The first kappa shape index (κ1) is 15.9. The highest BCUT2D eigenvalue weighted by molar-refractivity contribution is 9.10. The van der Waals surface area contributed by atoms with Crippen molar-refractivity contribution < 1.29 is 19.4 Å². The standard InChI is InChI=1S/C17H18BrNO4/c1-11(17-5-3-13(23-17)4-6-17)19(10-20)9-12-7-15(21)16(22-2)8-14(12)18/h3-5,7-8,10-11,21H,6,9H2,1-2H3/t11-,17+/m0/s1. The Hall–Kier alpha value is -1.95. The molecule has 6 heteroatoms. The van der Waals surface area contributed by atoms with Crippen molar-refractivity contribution in [1.29, 1.82) is 0 Å². The Morgan fingerprint density at radius 3 is 2.87 bits per heavy atom. The van der Waals surface area contributed by atoms with Crippen LogP contribution >= 0.6 is 15.9 Å². The van der Waals surface area contributed by atoms with E-state index in [1.165, 1.54) is 7.11 Å². The van der Waals surface area contributed by atoms with Gasteiger partial charge in [-0.2, -0.15) is 0 Å². The van der Waals surface area contributed by atoms with Crippen molar-refractivity contribution in [3.63, 3.8) is 0 Å². The van der Waals surface area contributed by atoms with E-state index in [2.05, 4.69) is 15.9 Å². The third-order valence-corrected chi connectivity index (χ3v) is 5.24. The molecule has 2 bridgehead atoms. The van der Waals surface area contributed by atoms with Gasteiger partial charge in [-0.3, -0.25) is 4.79 Å². The number of aromatic hydroxyl groups is 1. The molecule has 0 saturated heterocycles. The Morgan fingerprint density at radius 1 is 1.57 bits per heavy atom. The number of carbonyl (C=O) groups excluding carboxylic acids is 1. The first-order valence-electron chi connectivity index (χ1n) is 7.34. The van der Waals surface area contributed by atoms with Crippen molar-refractivity contribution in [3.8, 4) is 11.5 Å². The summed E-state index contributed by atoms with van der Waals surface area (Å²) in [6.45, 7) is 2.33. The van der Waals surface area contributed by atoms with E-state index >= 15 is 0 Å². The van der Waals surface area contributed by atoms with Crippen LogP contribution in [0, 0.1) is 0 Å². The third kappa shape index (κ3) is 2.72. The van der Waals surface area contributed by atoms with E-state index in [1.807, 2.05) is 25.2 Å². The van der Waals surface area contributed by atoms with Gasteiger partial charge in [-0.1, -0.05) is 15.9 Å². The van der Waals surface area contributed by atoms with E-state index in [0.29, 0.717) is 12.3 Å². The SMILES string of the molecule is COc1cc(Br)c(CN(C=O)[C@@H](C)[C@@]23C=CC(=CC2)O3)cc1O. The maximum Gasteiger partial charge on any atom is 0.210 e. The van der Waals surface area contributed by atoms with Gasteiger partial charge in [-0.25, -0.2) is 0 Å². The van der Waals surface area contributed by atoms with Gasteiger partial charge >= 0.3 is 0 Å². The fourth-order valence-corrected chi connectivity index (χ4v) is 3.45. The number of nitrogens with zero attached hydrogens (tertiary/aromatic N) is 1. The highest BCUT2D eigenvalue weighted by atomic mass is 79.9. The number of amides is 1. The zero-order chi connectivity index (χ0) is 16.6. The molecule has 1 aromatic rings. The molecule has 3 rings (SSSR count). The van der Waals surface area contributed by atoms with Gasteiger partial charge in [0.15, 0.2) is 17.1 Å². The summed E-state index contributed by atoms with van der Waals surface area (Å²) in [6.07, 6.45) is 7.58. The Labute approximate surface area is 143 Å². The number of fused-ring (bicyclic) bond motifs is 2. The molecule has 0 aromatic heterocycles. The second-order valence-electron chi connectivity index (χ2n) is 5.77. The lowest BCUT2D eigenvalue weighted by molar-refractivity contribution is -0.124. The molecule has 0 aliphatic carbocycles. The largest absolute Gasteiger partial charge is 0.504 e. The van der Waals surface area contributed by atoms with Crippen LogP contribution in [0.4, 0.5) is 0 Å². The number of hydrogen-bond acceptors (Lipinski definition) is 4. The normalized spacial score (nSPS) is 22.5. The molecule has 2 aliphatic rings. The minimum absolute atomic E-state index is 0.0456. The Morgan fingerprint density at radius 2 is 2.35 bits per heavy atom. The number of phenolic OH excluding ortho intramolecular Hbond substituents is 1. The molecular formula is C17H18BrNO4. The van der Waals surface area contributed by atoms with Crippen LogP contribution in [0.5, 0.6) is 11.5 Å². The molecule has 2 atom stereocenters. The van der Waals surface area contributed by atoms with Crippen molar-refractivity contribution >= 4 is 22.3 Å². The lowest BCUT2D eigenvalue weighted by atomic mass is 9.90. The average molecular weight is 380 g/mol. The van der Waals surface area contributed by atoms with Crippen molar-refractivity contribution in [1.82, 2.24) is 4.90 Å². The fourth-order valence-electron chi connectivity index (χ4n) is 3.00. The van der Waals surface area contributed by atoms with Crippen LogP contribution in [0.1, 0.15) is 18.9 Å². The second kappa shape index (κ2) is 5.92. The fraction of sp³-hybridized carbons (Fsp3) is 0.353. The Bertz CT molecular complexity index is 700. The first-order valence-corrected chi connectivity index (χ1v) is 8.13. The van der Waals surface area contributed by atoms with E-state index in [9.17, 15) is 9.90 Å². The Kier molecular flexibility index (Phi) is 4.10. The number of methoxy groups -OCH3 is 1. The van der Waals surface area contributed by atoms with Crippen LogP contribution in [-0.4, -0.2) is 35.2 Å². The zero-order valence-corrected chi connectivity index (χ0v) is 14.5. The van der Waals surface area contributed by atoms with Crippen LogP contribution in [0.15, 0.2) is 40.6 Å². The summed E-state index contributed by atoms with van der Waals surface area (Å²) in [6, 6.07) is 3.16. The number of ether oxygens (including phenoxy) is 2. The van der Waals surface area contributed by atoms with Crippen LogP contribution < -0.4 is 4.74 Å². The maximum atomic E-state index is 11.6. The van der Waals surface area contributed by atoms with Gasteiger partial charge < -0.3 is 19.5 Å². The number of carbonyl (C=O) groups is 1. The van der Waals surface area contributed by atoms with E-state index in [0.717, 1.165) is 28.6 Å². The lowest BCUT2D eigenvalue weighted by Crippen LogP contribution is -2.48. The summed E-state index contributed by atoms with van der Waals surface area (Å²) in [5.41, 5.74) is 0.323. The predicted molar refractivity (Wildman–Crippen MR) is 89.1 cm³/mol. The summed E-state index contributed by atoms with van der Waals surface area (Å²) >= 11 is 3.46. The molecule has 0 unspecified atom stereocenters. The number of hydrogen-bond donors (Lipinski definition) is 1. The minimum atomic E-state index is -0.475. The van der Waals surface area contributed by atoms with Gasteiger partial charge in [0.25, 0.3) is 0 Å². The molecule has 1 N–H and O–H groups in total. The highest BCUT2D eigenvalue weighted by Gasteiger charge is 2.45. The molecule has 23 heavy (non-hydrogen) atoms. The molecule has 122 valence electrons. The zero-order valence-electron chi connectivity index (χ0n) is 13.0. The summed E-state index contributed by atoms with van der Waals surface area (Å²) in [5.74, 6) is 1.30. The second-order valence-corrected chi connectivity index (χ2v) is 6.62. The van der Waals surface area contributed by atoms with Crippen LogP contribution in [0.25, 0.3) is 0 Å². The van der Waals surface area contributed by atoms with Gasteiger partial charge in [-0.05, 0) is 42.8 Å². The third-order valence-electron chi connectivity index (χ3n) is 4.50. The molecule has 1 aromatic carbocycles. The average Bonchev–Trinajstić information content (AvgIpc) is 3.16. The number of halogens is 1. The molecule has 0 radical (unpaired) electrons. The molecule has 0 saturated carbocycles. The van der Waals surface area contributed by atoms with Gasteiger partial charge in [0.1, 0.15) is 5.76 Å². The van der Waals surface area contributed by atoms with Crippen LogP contribution in [-0.2, 0) is 16.1 Å². The maximum absolute atomic E-state index is 11.6. The van der Waals surface area contributed by atoms with Crippen molar-refractivity contribution in [2.45, 2.75) is 31.5 Å². The summed E-state index contributed by atoms with van der Waals surface area (Å²) in [5, 5.41) is 9.96. The summed E-state index contributed by atoms with van der Waals surface area (Å²) in [7, 11) is 1.49. The lowest BCUT2D eigenvalue weighted by Gasteiger charge is -2.36. The van der Waals surface area contributed by atoms with Crippen molar-refractivity contribution in [2.75, 3.05) is 7.11 Å². The van der Waals surface area contributed by atoms with Gasteiger partial charge in [0.2, 0.25) is 6.41 Å². The monoisotopic (exact) mass is 379 g/mol. The summed E-state index contributed by atoms with van der Waals surface area (Å²) in [4.78, 5) is 13.3. The molecule has 2 aliphatic heterocycles. The van der Waals surface area contributed by atoms with E-state index in [-0.39, 0.29) is 11.8 Å². The molecule has 1 amide bonds. The van der Waals surface area contributed by atoms with Gasteiger partial charge in [0, 0.05) is 17.4 Å². The topological polar surface area (TPSA) is 59.0 Å². The first-order chi connectivity index (χ1) is 11.0. The van der Waals surface area contributed by atoms with Gasteiger partial charge in [0.05, 0.1) is 13.2 Å². The van der Waals surface area contributed by atoms with Crippen LogP contribution in [0.2, 0.25) is 0 Å². The van der Waals surface area contributed by atoms with E-state index in [4.69, 9.17) is 9.47 Å². The van der Waals surface area contributed by atoms with E-state index < -0.39 is 5.60 Å². The molecular weight excluding hydrogens is 362 g/mol.